The molecule has 0 saturated carbocycles. The van der Waals surface area contributed by atoms with Gasteiger partial charge in [-0.2, -0.15) is 0 Å². The van der Waals surface area contributed by atoms with Gasteiger partial charge >= 0.3 is 0 Å². The Labute approximate surface area is 105 Å². The summed E-state index contributed by atoms with van der Waals surface area (Å²) >= 11 is 0. The van der Waals surface area contributed by atoms with Crippen molar-refractivity contribution in [2.45, 2.75) is 76.9 Å². The van der Waals surface area contributed by atoms with Gasteiger partial charge in [-0.05, 0) is 51.9 Å². The minimum absolute atomic E-state index is 0.0526. The fraction of sp³-hybridized carbons (Fsp3) is 0.929. The summed E-state index contributed by atoms with van der Waals surface area (Å²) in [5.41, 5.74) is -0.0526. The second kappa shape index (κ2) is 4.97. The number of hydrogen-bond donors (Lipinski definition) is 2. The van der Waals surface area contributed by atoms with Crippen LogP contribution < -0.4 is 10.6 Å². The predicted octanol–water partition coefficient (Wildman–Crippen LogP) is 2.21. The fourth-order valence-corrected chi connectivity index (χ4v) is 3.12. The number of rotatable bonds is 4. The second-order valence-electron chi connectivity index (χ2n) is 6.47. The van der Waals surface area contributed by atoms with E-state index in [1.54, 1.807) is 0 Å². The molecule has 0 radical (unpaired) electrons. The van der Waals surface area contributed by atoms with Gasteiger partial charge in [0.05, 0.1) is 0 Å². The lowest BCUT2D eigenvalue weighted by atomic mass is 9.89. The summed E-state index contributed by atoms with van der Waals surface area (Å²) in [5.74, 6) is 0.838. The van der Waals surface area contributed by atoms with E-state index >= 15 is 0 Å². The molecule has 2 rings (SSSR count). The lowest BCUT2D eigenvalue weighted by Crippen LogP contribution is -2.45. The van der Waals surface area contributed by atoms with Crippen molar-refractivity contribution < 1.29 is 4.79 Å². The quantitative estimate of drug-likeness (QED) is 0.788. The number of carbonyl (C=O) groups excluding carboxylic acids is 1. The third kappa shape index (κ3) is 3.44. The summed E-state index contributed by atoms with van der Waals surface area (Å²) in [6.45, 7) is 6.30. The summed E-state index contributed by atoms with van der Waals surface area (Å²) in [7, 11) is 0. The lowest BCUT2D eigenvalue weighted by Gasteiger charge is -2.30. The molecule has 2 atom stereocenters. The minimum atomic E-state index is -0.0526. The molecule has 2 unspecified atom stereocenters. The van der Waals surface area contributed by atoms with Crippen molar-refractivity contribution in [3.05, 3.63) is 0 Å². The molecule has 1 amide bonds. The van der Waals surface area contributed by atoms with Crippen molar-refractivity contribution in [2.75, 3.05) is 0 Å². The first-order valence-corrected chi connectivity index (χ1v) is 7.05. The third-order valence-electron chi connectivity index (χ3n) is 4.41. The Bertz CT molecular complexity index is 276. The van der Waals surface area contributed by atoms with Gasteiger partial charge in [-0.1, -0.05) is 6.92 Å². The standard InChI is InChI=1S/C14H26N2O/c1-4-14(2,3)16-13(17)9-10-7-11-5-6-12(8-10)15-11/h10-12,15H,4-9H2,1-3H3,(H,16,17). The molecular weight excluding hydrogens is 212 g/mol. The number of fused-ring (bicyclic) bond motifs is 2. The molecule has 0 spiro atoms. The maximum Gasteiger partial charge on any atom is 0.220 e. The zero-order valence-electron chi connectivity index (χ0n) is 11.4. The summed E-state index contributed by atoms with van der Waals surface area (Å²) in [6.07, 6.45) is 6.70. The van der Waals surface area contributed by atoms with Gasteiger partial charge in [-0.25, -0.2) is 0 Å². The monoisotopic (exact) mass is 238 g/mol. The van der Waals surface area contributed by atoms with E-state index in [1.807, 2.05) is 0 Å². The number of hydrogen-bond acceptors (Lipinski definition) is 2. The second-order valence-corrected chi connectivity index (χ2v) is 6.47. The number of amides is 1. The van der Waals surface area contributed by atoms with Crippen LogP contribution in [0, 0.1) is 5.92 Å². The van der Waals surface area contributed by atoms with E-state index in [2.05, 4.69) is 31.4 Å². The molecule has 3 nitrogen and oxygen atoms in total. The molecule has 2 heterocycles. The summed E-state index contributed by atoms with van der Waals surface area (Å²) < 4.78 is 0. The number of nitrogens with one attached hydrogen (secondary N) is 2. The van der Waals surface area contributed by atoms with Crippen molar-refractivity contribution in [3.63, 3.8) is 0 Å². The van der Waals surface area contributed by atoms with Crippen LogP contribution in [0.5, 0.6) is 0 Å². The molecule has 0 aliphatic carbocycles. The van der Waals surface area contributed by atoms with Crippen LogP contribution >= 0.6 is 0 Å². The molecule has 2 aliphatic rings. The fourth-order valence-electron chi connectivity index (χ4n) is 3.12. The third-order valence-corrected chi connectivity index (χ3v) is 4.41. The molecule has 0 aromatic carbocycles. The summed E-state index contributed by atoms with van der Waals surface area (Å²) in [6, 6.07) is 1.37. The van der Waals surface area contributed by atoms with Gasteiger partial charge in [0.15, 0.2) is 0 Å². The molecule has 2 fully saturated rings. The lowest BCUT2D eigenvalue weighted by molar-refractivity contribution is -0.123. The Kier molecular flexibility index (Phi) is 3.76. The van der Waals surface area contributed by atoms with Gasteiger partial charge in [0.2, 0.25) is 5.91 Å². The normalized spacial score (nSPS) is 32.5. The van der Waals surface area contributed by atoms with Crippen LogP contribution in [0.3, 0.4) is 0 Å². The van der Waals surface area contributed by atoms with Gasteiger partial charge in [-0.15, -0.1) is 0 Å². The van der Waals surface area contributed by atoms with Crippen LogP contribution in [-0.4, -0.2) is 23.5 Å². The first-order chi connectivity index (χ1) is 7.98. The van der Waals surface area contributed by atoms with E-state index in [-0.39, 0.29) is 11.4 Å². The minimum Gasteiger partial charge on any atom is -0.351 e. The molecule has 0 aromatic rings. The Balaban J connectivity index is 1.79. The first-order valence-electron chi connectivity index (χ1n) is 7.05. The highest BCUT2D eigenvalue weighted by atomic mass is 16.1. The Hall–Kier alpha value is -0.570. The highest BCUT2D eigenvalue weighted by Crippen LogP contribution is 2.32. The maximum atomic E-state index is 12.0. The van der Waals surface area contributed by atoms with Crippen LogP contribution in [0.15, 0.2) is 0 Å². The van der Waals surface area contributed by atoms with Crippen molar-refractivity contribution in [1.82, 2.24) is 10.6 Å². The van der Waals surface area contributed by atoms with Crippen molar-refractivity contribution in [1.29, 1.82) is 0 Å². The van der Waals surface area contributed by atoms with E-state index in [9.17, 15) is 4.79 Å². The summed E-state index contributed by atoms with van der Waals surface area (Å²) in [4.78, 5) is 12.0. The van der Waals surface area contributed by atoms with E-state index in [0.717, 1.165) is 12.8 Å². The Morgan fingerprint density at radius 3 is 2.41 bits per heavy atom. The molecular formula is C14H26N2O. The molecule has 2 aliphatic heterocycles. The van der Waals surface area contributed by atoms with Crippen LogP contribution in [0.2, 0.25) is 0 Å². The van der Waals surface area contributed by atoms with Crippen molar-refractivity contribution >= 4 is 5.91 Å². The van der Waals surface area contributed by atoms with Gasteiger partial charge < -0.3 is 10.6 Å². The van der Waals surface area contributed by atoms with Crippen molar-refractivity contribution in [2.24, 2.45) is 5.92 Å². The maximum absolute atomic E-state index is 12.0. The molecule has 0 aromatic heterocycles. The molecule has 2 bridgehead atoms. The van der Waals surface area contributed by atoms with Crippen LogP contribution in [-0.2, 0) is 4.79 Å². The number of carbonyl (C=O) groups is 1. The van der Waals surface area contributed by atoms with Gasteiger partial charge in [0.1, 0.15) is 0 Å². The predicted molar refractivity (Wildman–Crippen MR) is 69.8 cm³/mol. The highest BCUT2D eigenvalue weighted by Gasteiger charge is 2.34. The highest BCUT2D eigenvalue weighted by molar-refractivity contribution is 5.77. The van der Waals surface area contributed by atoms with Crippen LogP contribution in [0.4, 0.5) is 0 Å². The largest absolute Gasteiger partial charge is 0.351 e. The topological polar surface area (TPSA) is 41.1 Å². The van der Waals surface area contributed by atoms with Crippen LogP contribution in [0.25, 0.3) is 0 Å². The van der Waals surface area contributed by atoms with Gasteiger partial charge in [0, 0.05) is 24.0 Å². The summed E-state index contributed by atoms with van der Waals surface area (Å²) in [5, 5.41) is 6.77. The number of piperidine rings is 1. The SMILES string of the molecule is CCC(C)(C)NC(=O)CC1CC2CCC(C1)N2. The average Bonchev–Trinajstić information content (AvgIpc) is 2.57. The average molecular weight is 238 g/mol. The Morgan fingerprint density at radius 1 is 1.29 bits per heavy atom. The van der Waals surface area contributed by atoms with E-state index < -0.39 is 0 Å². The zero-order valence-corrected chi connectivity index (χ0v) is 11.4. The van der Waals surface area contributed by atoms with E-state index in [4.69, 9.17) is 0 Å². The van der Waals surface area contributed by atoms with Gasteiger partial charge in [-0.3, -0.25) is 4.79 Å². The molecule has 98 valence electrons. The first kappa shape index (κ1) is 12.9. The smallest absolute Gasteiger partial charge is 0.220 e. The molecule has 3 heteroatoms. The molecule has 2 N–H and O–H groups in total. The van der Waals surface area contributed by atoms with Crippen LogP contribution in [0.1, 0.15) is 59.3 Å². The molecule has 17 heavy (non-hydrogen) atoms. The Morgan fingerprint density at radius 2 is 1.88 bits per heavy atom. The zero-order chi connectivity index (χ0) is 12.5. The van der Waals surface area contributed by atoms with Crippen molar-refractivity contribution in [3.8, 4) is 0 Å². The van der Waals surface area contributed by atoms with E-state index in [1.165, 1.54) is 25.7 Å². The van der Waals surface area contributed by atoms with Gasteiger partial charge in [0.25, 0.3) is 0 Å². The van der Waals surface area contributed by atoms with E-state index in [0.29, 0.717) is 18.0 Å². The molecule has 2 saturated heterocycles.